The van der Waals surface area contributed by atoms with E-state index in [1.54, 1.807) is 18.0 Å². The molecule has 0 saturated heterocycles. The van der Waals surface area contributed by atoms with Crippen molar-refractivity contribution in [2.45, 2.75) is 37.7 Å². The van der Waals surface area contributed by atoms with Crippen LogP contribution in [-0.4, -0.2) is 5.25 Å². The lowest BCUT2D eigenvalue weighted by atomic mass is 10.3. The smallest absolute Gasteiger partial charge is 0.116 e. The normalized spacial score (nSPS) is 12.4. The van der Waals surface area contributed by atoms with Crippen LogP contribution in [0.3, 0.4) is 0 Å². The quantitative estimate of drug-likeness (QED) is 0.744. The molecule has 0 N–H and O–H groups in total. The molecule has 14 heavy (non-hydrogen) atoms. The van der Waals surface area contributed by atoms with E-state index >= 15 is 0 Å². The van der Waals surface area contributed by atoms with Crippen LogP contribution in [0.1, 0.15) is 31.1 Å². The lowest BCUT2D eigenvalue weighted by Gasteiger charge is -2.09. The number of aryl methyl sites for hydroxylation is 1. The van der Waals surface area contributed by atoms with Crippen molar-refractivity contribution in [3.63, 3.8) is 0 Å². The Kier molecular flexibility index (Phi) is 4.61. The van der Waals surface area contributed by atoms with Crippen molar-refractivity contribution in [2.24, 2.45) is 0 Å². The maximum absolute atomic E-state index is 8.59. The standard InChI is InChI=1S/C11H15NOS/c1-3-10(4-6-12)14-8-11-9(2)5-7-13-11/h5,7,10H,3-4,8H2,1-2H3. The van der Waals surface area contributed by atoms with Gasteiger partial charge in [-0.2, -0.15) is 5.26 Å². The van der Waals surface area contributed by atoms with E-state index in [1.165, 1.54) is 5.56 Å². The zero-order valence-corrected chi connectivity index (χ0v) is 9.43. The van der Waals surface area contributed by atoms with Crippen LogP contribution in [0.25, 0.3) is 0 Å². The molecule has 0 spiro atoms. The molecule has 0 aliphatic rings. The molecule has 0 aromatic carbocycles. The second-order valence-electron chi connectivity index (χ2n) is 3.23. The summed E-state index contributed by atoms with van der Waals surface area (Å²) >= 11 is 1.80. The van der Waals surface area contributed by atoms with E-state index in [0.29, 0.717) is 11.7 Å². The number of furan rings is 1. The predicted octanol–water partition coefficient (Wildman–Crippen LogP) is 3.51. The number of rotatable bonds is 5. The fourth-order valence-corrected chi connectivity index (χ4v) is 2.28. The summed E-state index contributed by atoms with van der Waals surface area (Å²) in [4.78, 5) is 0. The third-order valence-electron chi connectivity index (χ3n) is 2.19. The summed E-state index contributed by atoms with van der Waals surface area (Å²) in [5.41, 5.74) is 1.20. The summed E-state index contributed by atoms with van der Waals surface area (Å²) in [5.74, 6) is 1.91. The molecular formula is C11H15NOS. The van der Waals surface area contributed by atoms with E-state index in [0.717, 1.165) is 17.9 Å². The van der Waals surface area contributed by atoms with Crippen LogP contribution in [0.5, 0.6) is 0 Å². The van der Waals surface area contributed by atoms with Gasteiger partial charge in [0, 0.05) is 11.7 Å². The van der Waals surface area contributed by atoms with E-state index in [4.69, 9.17) is 9.68 Å². The molecule has 76 valence electrons. The Hall–Kier alpha value is -0.880. The molecule has 0 bridgehead atoms. The molecule has 3 heteroatoms. The largest absolute Gasteiger partial charge is 0.468 e. The van der Waals surface area contributed by atoms with E-state index < -0.39 is 0 Å². The SMILES string of the molecule is CCC(CC#N)SCc1occc1C. The highest BCUT2D eigenvalue weighted by Crippen LogP contribution is 2.24. The van der Waals surface area contributed by atoms with Crippen molar-refractivity contribution in [1.29, 1.82) is 5.26 Å². The zero-order valence-electron chi connectivity index (χ0n) is 8.62. The van der Waals surface area contributed by atoms with Crippen molar-refractivity contribution >= 4 is 11.8 Å². The number of thioether (sulfide) groups is 1. The molecule has 1 aromatic rings. The molecule has 1 atom stereocenters. The van der Waals surface area contributed by atoms with Gasteiger partial charge in [0.1, 0.15) is 5.76 Å². The fourth-order valence-electron chi connectivity index (χ4n) is 1.17. The molecule has 0 fully saturated rings. The topological polar surface area (TPSA) is 36.9 Å². The molecule has 0 radical (unpaired) electrons. The average Bonchev–Trinajstić information content (AvgIpc) is 2.59. The highest BCUT2D eigenvalue weighted by molar-refractivity contribution is 7.99. The van der Waals surface area contributed by atoms with Gasteiger partial charge >= 0.3 is 0 Å². The van der Waals surface area contributed by atoms with Crippen molar-refractivity contribution in [3.8, 4) is 6.07 Å². The maximum Gasteiger partial charge on any atom is 0.116 e. The second-order valence-corrected chi connectivity index (χ2v) is 4.52. The Morgan fingerprint density at radius 3 is 2.93 bits per heavy atom. The highest BCUT2D eigenvalue weighted by atomic mass is 32.2. The van der Waals surface area contributed by atoms with Gasteiger partial charge in [-0.1, -0.05) is 6.92 Å². The van der Waals surface area contributed by atoms with Crippen LogP contribution >= 0.6 is 11.8 Å². The van der Waals surface area contributed by atoms with Crippen molar-refractivity contribution in [1.82, 2.24) is 0 Å². The minimum Gasteiger partial charge on any atom is -0.468 e. The molecule has 1 aromatic heterocycles. The first-order valence-electron chi connectivity index (χ1n) is 4.79. The second kappa shape index (κ2) is 5.77. The van der Waals surface area contributed by atoms with E-state index in [1.807, 2.05) is 13.0 Å². The van der Waals surface area contributed by atoms with Crippen LogP contribution in [0.15, 0.2) is 16.7 Å². The Bertz CT molecular complexity index is 313. The van der Waals surface area contributed by atoms with Crippen molar-refractivity contribution < 1.29 is 4.42 Å². The van der Waals surface area contributed by atoms with Gasteiger partial charge in [-0.3, -0.25) is 0 Å². The highest BCUT2D eigenvalue weighted by Gasteiger charge is 2.09. The van der Waals surface area contributed by atoms with Gasteiger partial charge in [0.05, 0.1) is 18.1 Å². The van der Waals surface area contributed by atoms with Crippen LogP contribution in [0.4, 0.5) is 0 Å². The van der Waals surface area contributed by atoms with Gasteiger partial charge in [-0.05, 0) is 25.0 Å². The van der Waals surface area contributed by atoms with Gasteiger partial charge in [-0.25, -0.2) is 0 Å². The van der Waals surface area contributed by atoms with Crippen LogP contribution in [0, 0.1) is 18.3 Å². The van der Waals surface area contributed by atoms with Gasteiger partial charge in [0.2, 0.25) is 0 Å². The average molecular weight is 209 g/mol. The third kappa shape index (κ3) is 3.12. The molecule has 2 nitrogen and oxygen atoms in total. The minimum absolute atomic E-state index is 0.435. The maximum atomic E-state index is 8.59. The molecule has 0 amide bonds. The Labute approximate surface area is 89.3 Å². The fraction of sp³-hybridized carbons (Fsp3) is 0.545. The Balaban J connectivity index is 2.40. The number of nitrogens with zero attached hydrogens (tertiary/aromatic N) is 1. The first-order chi connectivity index (χ1) is 6.77. The third-order valence-corrected chi connectivity index (χ3v) is 3.59. The lowest BCUT2D eigenvalue weighted by Crippen LogP contribution is -1.99. The van der Waals surface area contributed by atoms with Crippen LogP contribution < -0.4 is 0 Å². The van der Waals surface area contributed by atoms with Crippen LogP contribution in [-0.2, 0) is 5.75 Å². The zero-order chi connectivity index (χ0) is 10.4. The summed E-state index contributed by atoms with van der Waals surface area (Å²) in [6, 6.07) is 4.19. The van der Waals surface area contributed by atoms with Crippen molar-refractivity contribution in [3.05, 3.63) is 23.7 Å². The monoisotopic (exact) mass is 209 g/mol. The number of hydrogen-bond donors (Lipinski definition) is 0. The predicted molar refractivity (Wildman–Crippen MR) is 59.0 cm³/mol. The van der Waals surface area contributed by atoms with Crippen molar-refractivity contribution in [2.75, 3.05) is 0 Å². The molecule has 1 rings (SSSR count). The summed E-state index contributed by atoms with van der Waals surface area (Å²) in [6.07, 6.45) is 3.38. The molecule has 0 aliphatic heterocycles. The lowest BCUT2D eigenvalue weighted by molar-refractivity contribution is 0.527. The van der Waals surface area contributed by atoms with Gasteiger partial charge in [0.25, 0.3) is 0 Å². The Morgan fingerprint density at radius 2 is 2.43 bits per heavy atom. The molecule has 1 heterocycles. The van der Waals surface area contributed by atoms with E-state index in [-0.39, 0.29) is 0 Å². The van der Waals surface area contributed by atoms with E-state index in [9.17, 15) is 0 Å². The molecular weight excluding hydrogens is 194 g/mol. The van der Waals surface area contributed by atoms with Crippen LogP contribution in [0.2, 0.25) is 0 Å². The minimum atomic E-state index is 0.435. The summed E-state index contributed by atoms with van der Waals surface area (Å²) in [6.45, 7) is 4.16. The summed E-state index contributed by atoms with van der Waals surface area (Å²) < 4.78 is 5.33. The number of nitriles is 1. The number of hydrogen-bond acceptors (Lipinski definition) is 3. The van der Waals surface area contributed by atoms with Gasteiger partial charge in [-0.15, -0.1) is 11.8 Å². The summed E-state index contributed by atoms with van der Waals surface area (Å²) in [7, 11) is 0. The Morgan fingerprint density at radius 1 is 1.64 bits per heavy atom. The van der Waals surface area contributed by atoms with E-state index in [2.05, 4.69) is 13.0 Å². The summed E-state index contributed by atoms with van der Waals surface area (Å²) in [5, 5.41) is 9.03. The molecule has 0 saturated carbocycles. The van der Waals surface area contributed by atoms with Gasteiger partial charge in [0.15, 0.2) is 0 Å². The molecule has 0 aliphatic carbocycles. The first-order valence-corrected chi connectivity index (χ1v) is 5.84. The molecule has 1 unspecified atom stereocenters. The first kappa shape index (κ1) is 11.2. The van der Waals surface area contributed by atoms with Gasteiger partial charge < -0.3 is 4.42 Å².